The average Bonchev–Trinajstić information content (AvgIpc) is 2.95. The molecule has 0 bridgehead atoms. The van der Waals surface area contributed by atoms with E-state index in [1.54, 1.807) is 18.2 Å². The second-order valence-electron chi connectivity index (χ2n) is 5.14. The maximum Gasteiger partial charge on any atom is 0.243 e. The van der Waals surface area contributed by atoms with Crippen LogP contribution in [0.15, 0.2) is 23.1 Å². The molecular weight excluding hydrogens is 274 g/mol. The van der Waals surface area contributed by atoms with Crippen LogP contribution in [0.2, 0.25) is 0 Å². The van der Waals surface area contributed by atoms with Gasteiger partial charge in [-0.15, -0.1) is 0 Å². The van der Waals surface area contributed by atoms with Crippen LogP contribution < -0.4 is 11.1 Å². The van der Waals surface area contributed by atoms with Crippen molar-refractivity contribution in [2.75, 3.05) is 30.7 Å². The first-order chi connectivity index (χ1) is 9.55. The Labute approximate surface area is 121 Å². The summed E-state index contributed by atoms with van der Waals surface area (Å²) < 4.78 is 26.4. The predicted molar refractivity (Wildman–Crippen MR) is 82.2 cm³/mol. The van der Waals surface area contributed by atoms with Gasteiger partial charge < -0.3 is 11.1 Å². The van der Waals surface area contributed by atoms with Gasteiger partial charge in [-0.3, -0.25) is 0 Å². The topological polar surface area (TPSA) is 75.4 Å². The zero-order valence-electron chi connectivity index (χ0n) is 11.9. The average molecular weight is 297 g/mol. The molecule has 3 N–H and O–H groups in total. The van der Waals surface area contributed by atoms with Gasteiger partial charge in [0.25, 0.3) is 0 Å². The molecule has 5 nitrogen and oxygen atoms in total. The second-order valence-corrected chi connectivity index (χ2v) is 7.08. The summed E-state index contributed by atoms with van der Waals surface area (Å²) >= 11 is 0. The molecule has 0 atom stereocenters. The first-order valence-corrected chi connectivity index (χ1v) is 8.63. The minimum absolute atomic E-state index is 0.290. The lowest BCUT2D eigenvalue weighted by Gasteiger charge is -2.17. The summed E-state index contributed by atoms with van der Waals surface area (Å²) in [5.41, 5.74) is 7.25. The van der Waals surface area contributed by atoms with Crippen LogP contribution >= 0.6 is 0 Å². The number of nitrogens with zero attached hydrogens (tertiary/aromatic N) is 1. The Balaban J connectivity index is 2.15. The Morgan fingerprint density at radius 2 is 2.00 bits per heavy atom. The summed E-state index contributed by atoms with van der Waals surface area (Å²) in [4.78, 5) is 0.290. The third-order valence-electron chi connectivity index (χ3n) is 3.57. The molecule has 1 aliphatic heterocycles. The Morgan fingerprint density at radius 1 is 1.30 bits per heavy atom. The van der Waals surface area contributed by atoms with Gasteiger partial charge in [-0.25, -0.2) is 8.42 Å². The number of rotatable bonds is 6. The minimum Gasteiger partial charge on any atom is -0.397 e. The van der Waals surface area contributed by atoms with Gasteiger partial charge in [0, 0.05) is 19.6 Å². The zero-order chi connectivity index (χ0) is 14.6. The van der Waals surface area contributed by atoms with E-state index in [9.17, 15) is 8.42 Å². The Bertz CT molecular complexity index is 552. The van der Waals surface area contributed by atoms with E-state index in [4.69, 9.17) is 5.73 Å². The standard InChI is InChI=1S/C14H23N3O2S/c1-2-3-8-16-14-7-6-12(11-13(14)15)20(18,19)17-9-4-5-10-17/h6-7,11,16H,2-5,8-10,15H2,1H3. The van der Waals surface area contributed by atoms with Gasteiger partial charge >= 0.3 is 0 Å². The quantitative estimate of drug-likeness (QED) is 0.624. The highest BCUT2D eigenvalue weighted by molar-refractivity contribution is 7.89. The van der Waals surface area contributed by atoms with E-state index in [1.807, 2.05) is 0 Å². The van der Waals surface area contributed by atoms with E-state index in [-0.39, 0.29) is 4.90 Å². The van der Waals surface area contributed by atoms with E-state index >= 15 is 0 Å². The maximum absolute atomic E-state index is 12.4. The molecule has 1 fully saturated rings. The van der Waals surface area contributed by atoms with Crippen molar-refractivity contribution in [3.05, 3.63) is 18.2 Å². The fourth-order valence-corrected chi connectivity index (χ4v) is 3.89. The van der Waals surface area contributed by atoms with Crippen LogP contribution in [-0.2, 0) is 10.0 Å². The van der Waals surface area contributed by atoms with E-state index in [2.05, 4.69) is 12.2 Å². The highest BCUT2D eigenvalue weighted by Gasteiger charge is 2.27. The van der Waals surface area contributed by atoms with E-state index in [0.29, 0.717) is 18.8 Å². The fraction of sp³-hybridized carbons (Fsp3) is 0.571. The summed E-state index contributed by atoms with van der Waals surface area (Å²) in [6.07, 6.45) is 4.04. The molecule has 0 saturated carbocycles. The molecule has 2 rings (SSSR count). The van der Waals surface area contributed by atoms with Crippen LogP contribution in [0.5, 0.6) is 0 Å². The molecule has 0 amide bonds. The third-order valence-corrected chi connectivity index (χ3v) is 5.47. The highest BCUT2D eigenvalue weighted by Crippen LogP contribution is 2.26. The molecule has 0 aliphatic carbocycles. The molecule has 1 aliphatic rings. The summed E-state index contributed by atoms with van der Waals surface area (Å²) in [6, 6.07) is 4.95. The van der Waals surface area contributed by atoms with Gasteiger partial charge in [0.2, 0.25) is 10.0 Å². The number of unbranched alkanes of at least 4 members (excludes halogenated alkanes) is 1. The fourth-order valence-electron chi connectivity index (χ4n) is 2.34. The van der Waals surface area contributed by atoms with Crippen molar-refractivity contribution in [3.8, 4) is 0 Å². The predicted octanol–water partition coefficient (Wildman–Crippen LogP) is 2.27. The first kappa shape index (κ1) is 15.1. The maximum atomic E-state index is 12.4. The van der Waals surface area contributed by atoms with Crippen LogP contribution in [-0.4, -0.2) is 32.4 Å². The minimum atomic E-state index is -3.38. The van der Waals surface area contributed by atoms with Gasteiger partial charge in [0.15, 0.2) is 0 Å². The number of nitrogens with one attached hydrogen (secondary N) is 1. The Kier molecular flexibility index (Phi) is 4.88. The lowest BCUT2D eigenvalue weighted by molar-refractivity contribution is 0.477. The summed E-state index contributed by atoms with van der Waals surface area (Å²) in [5.74, 6) is 0. The second kappa shape index (κ2) is 6.45. The van der Waals surface area contributed by atoms with Gasteiger partial charge in [-0.05, 0) is 37.5 Å². The van der Waals surface area contributed by atoms with Gasteiger partial charge in [-0.2, -0.15) is 4.31 Å². The normalized spacial score (nSPS) is 16.4. The molecule has 20 heavy (non-hydrogen) atoms. The van der Waals surface area contributed by atoms with Crippen LogP contribution in [0, 0.1) is 0 Å². The number of nitrogens with two attached hydrogens (primary N) is 1. The summed E-state index contributed by atoms with van der Waals surface area (Å²) in [7, 11) is -3.38. The number of anilines is 2. The van der Waals surface area contributed by atoms with Crippen molar-refractivity contribution in [1.29, 1.82) is 0 Å². The molecule has 1 aromatic carbocycles. The number of hydrogen-bond donors (Lipinski definition) is 2. The molecule has 6 heteroatoms. The molecule has 0 spiro atoms. The number of benzene rings is 1. The van der Waals surface area contributed by atoms with Crippen molar-refractivity contribution in [1.82, 2.24) is 4.31 Å². The molecule has 112 valence electrons. The molecule has 0 radical (unpaired) electrons. The Morgan fingerprint density at radius 3 is 2.60 bits per heavy atom. The van der Waals surface area contributed by atoms with Gasteiger partial charge in [-0.1, -0.05) is 13.3 Å². The first-order valence-electron chi connectivity index (χ1n) is 7.19. The van der Waals surface area contributed by atoms with E-state index in [0.717, 1.165) is 37.9 Å². The van der Waals surface area contributed by atoms with Gasteiger partial charge in [0.1, 0.15) is 0 Å². The zero-order valence-corrected chi connectivity index (χ0v) is 12.7. The van der Waals surface area contributed by atoms with E-state index < -0.39 is 10.0 Å². The van der Waals surface area contributed by atoms with Gasteiger partial charge in [0.05, 0.1) is 16.3 Å². The largest absolute Gasteiger partial charge is 0.397 e. The third kappa shape index (κ3) is 3.24. The molecule has 1 saturated heterocycles. The molecule has 0 aromatic heterocycles. The summed E-state index contributed by atoms with van der Waals surface area (Å²) in [5, 5.41) is 3.23. The number of hydrogen-bond acceptors (Lipinski definition) is 4. The van der Waals surface area contributed by atoms with Crippen LogP contribution in [0.25, 0.3) is 0 Å². The SMILES string of the molecule is CCCCNc1ccc(S(=O)(=O)N2CCCC2)cc1N. The van der Waals surface area contributed by atoms with Crippen molar-refractivity contribution in [2.24, 2.45) is 0 Å². The molecular formula is C14H23N3O2S. The Hall–Kier alpha value is -1.27. The van der Waals surface area contributed by atoms with Crippen molar-refractivity contribution >= 4 is 21.4 Å². The number of sulfonamides is 1. The molecule has 0 unspecified atom stereocenters. The lowest BCUT2D eigenvalue weighted by Crippen LogP contribution is -2.27. The summed E-state index contributed by atoms with van der Waals surface area (Å²) in [6.45, 7) is 4.19. The highest BCUT2D eigenvalue weighted by atomic mass is 32.2. The van der Waals surface area contributed by atoms with Crippen molar-refractivity contribution < 1.29 is 8.42 Å². The lowest BCUT2D eigenvalue weighted by atomic mass is 10.2. The smallest absolute Gasteiger partial charge is 0.243 e. The molecule has 1 aromatic rings. The van der Waals surface area contributed by atoms with Crippen LogP contribution in [0.3, 0.4) is 0 Å². The van der Waals surface area contributed by atoms with Crippen molar-refractivity contribution in [3.63, 3.8) is 0 Å². The van der Waals surface area contributed by atoms with Crippen LogP contribution in [0.1, 0.15) is 32.6 Å². The van der Waals surface area contributed by atoms with Crippen LogP contribution in [0.4, 0.5) is 11.4 Å². The molecule has 1 heterocycles. The monoisotopic (exact) mass is 297 g/mol. The van der Waals surface area contributed by atoms with E-state index in [1.165, 1.54) is 4.31 Å². The van der Waals surface area contributed by atoms with Crippen molar-refractivity contribution in [2.45, 2.75) is 37.5 Å². The number of nitrogen functional groups attached to an aromatic ring is 1.